The smallest absolute Gasteiger partial charge is 0.309 e. The zero-order valence-corrected chi connectivity index (χ0v) is 12.2. The summed E-state index contributed by atoms with van der Waals surface area (Å²) in [4.78, 5) is 4.11. The number of oxazole rings is 1. The summed E-state index contributed by atoms with van der Waals surface area (Å²) in [6, 6.07) is 6.69. The van der Waals surface area contributed by atoms with E-state index in [0.717, 1.165) is 6.42 Å². The Labute approximate surface area is 118 Å². The van der Waals surface area contributed by atoms with Crippen molar-refractivity contribution in [2.45, 2.75) is 25.2 Å². The first-order chi connectivity index (χ1) is 9.53. The average Bonchev–Trinajstić information content (AvgIpc) is 2.81. The quantitative estimate of drug-likeness (QED) is 0.855. The van der Waals surface area contributed by atoms with Crippen LogP contribution in [0.2, 0.25) is 0 Å². The van der Waals surface area contributed by atoms with Crippen molar-refractivity contribution in [1.29, 1.82) is 0 Å². The van der Waals surface area contributed by atoms with Gasteiger partial charge in [0.1, 0.15) is 11.2 Å². The van der Waals surface area contributed by atoms with E-state index in [9.17, 15) is 8.42 Å². The number of nitrogens with zero attached hydrogens (tertiary/aromatic N) is 1. The Kier molecular flexibility index (Phi) is 4.29. The third-order valence-corrected chi connectivity index (χ3v) is 3.96. The van der Waals surface area contributed by atoms with Crippen LogP contribution in [0.15, 0.2) is 39.8 Å². The highest BCUT2D eigenvalue weighted by molar-refractivity contribution is 7.92. The van der Waals surface area contributed by atoms with Gasteiger partial charge in [-0.05, 0) is 25.5 Å². The van der Waals surface area contributed by atoms with E-state index in [1.165, 1.54) is 12.3 Å². The summed E-state index contributed by atoms with van der Waals surface area (Å²) in [7, 11) is -3.73. The van der Waals surface area contributed by atoms with Gasteiger partial charge in [0.15, 0.2) is 0 Å². The van der Waals surface area contributed by atoms with Crippen molar-refractivity contribution >= 4 is 21.7 Å². The van der Waals surface area contributed by atoms with Gasteiger partial charge >= 0.3 is 6.01 Å². The molecule has 2 aromatic rings. The number of rotatable bonds is 6. The molecule has 0 amide bonds. The molecule has 0 spiro atoms. The molecule has 0 aliphatic rings. The molecule has 0 aliphatic heterocycles. The Hall–Kier alpha value is -2.02. The number of sulfonamides is 1. The van der Waals surface area contributed by atoms with Gasteiger partial charge in [-0.15, -0.1) is 0 Å². The summed E-state index contributed by atoms with van der Waals surface area (Å²) in [6.45, 7) is 4.43. The minimum atomic E-state index is -3.73. The summed E-state index contributed by atoms with van der Waals surface area (Å²) >= 11 is 0. The molecule has 0 saturated heterocycles. The van der Waals surface area contributed by atoms with Crippen LogP contribution >= 0.6 is 0 Å². The largest absolute Gasteiger partial charge is 0.431 e. The molecule has 0 fully saturated rings. The fourth-order valence-corrected chi connectivity index (χ4v) is 2.80. The lowest BCUT2D eigenvalue weighted by atomic mass is 10.3. The molecule has 7 heteroatoms. The van der Waals surface area contributed by atoms with Crippen molar-refractivity contribution in [3.05, 3.63) is 36.2 Å². The number of hydrogen-bond donors (Lipinski definition) is 2. The first kappa shape index (κ1) is 14.4. The Morgan fingerprint density at radius 3 is 2.70 bits per heavy atom. The van der Waals surface area contributed by atoms with Gasteiger partial charge < -0.3 is 9.73 Å². The van der Waals surface area contributed by atoms with Crippen LogP contribution in [0.5, 0.6) is 0 Å². The van der Waals surface area contributed by atoms with Crippen molar-refractivity contribution in [2.75, 3.05) is 16.6 Å². The Morgan fingerprint density at radius 2 is 2.05 bits per heavy atom. The van der Waals surface area contributed by atoms with E-state index >= 15 is 0 Å². The predicted molar refractivity (Wildman–Crippen MR) is 77.3 cm³/mol. The second-order valence-corrected chi connectivity index (χ2v) is 5.97. The summed E-state index contributed by atoms with van der Waals surface area (Å²) in [5.74, 6) is 0. The van der Waals surface area contributed by atoms with Crippen LogP contribution in [-0.4, -0.2) is 19.9 Å². The zero-order valence-electron chi connectivity index (χ0n) is 11.4. The van der Waals surface area contributed by atoms with E-state index in [4.69, 9.17) is 4.42 Å². The van der Waals surface area contributed by atoms with Crippen LogP contribution in [0.4, 0.5) is 11.7 Å². The van der Waals surface area contributed by atoms with Crippen molar-refractivity contribution < 1.29 is 12.8 Å². The highest BCUT2D eigenvalue weighted by Gasteiger charge is 2.20. The molecule has 20 heavy (non-hydrogen) atoms. The molecule has 0 bridgehead atoms. The lowest BCUT2D eigenvalue weighted by molar-refractivity contribution is 0.569. The van der Waals surface area contributed by atoms with Gasteiger partial charge in [0.25, 0.3) is 10.0 Å². The molecule has 0 radical (unpaired) electrons. The lowest BCUT2D eigenvalue weighted by Crippen LogP contribution is -2.15. The maximum absolute atomic E-state index is 12.3. The number of aromatic nitrogens is 1. The fourth-order valence-electron chi connectivity index (χ4n) is 1.68. The first-order valence-corrected chi connectivity index (χ1v) is 7.79. The SMILES string of the molecule is CCCNc1ccccc1S(=O)(=O)Nc1nc(C)co1. The second kappa shape index (κ2) is 5.96. The van der Waals surface area contributed by atoms with Gasteiger partial charge in [-0.1, -0.05) is 19.1 Å². The third-order valence-electron chi connectivity index (χ3n) is 2.58. The number of benzene rings is 1. The van der Waals surface area contributed by atoms with E-state index in [0.29, 0.717) is 17.9 Å². The Bertz CT molecular complexity index is 680. The molecule has 1 heterocycles. The van der Waals surface area contributed by atoms with Crippen molar-refractivity contribution in [3.63, 3.8) is 0 Å². The van der Waals surface area contributed by atoms with E-state index < -0.39 is 10.0 Å². The van der Waals surface area contributed by atoms with E-state index in [1.807, 2.05) is 6.92 Å². The number of anilines is 2. The summed E-state index contributed by atoms with van der Waals surface area (Å²) < 4.78 is 32.0. The molecule has 1 aromatic carbocycles. The normalized spacial score (nSPS) is 11.3. The fraction of sp³-hybridized carbons (Fsp3) is 0.308. The number of para-hydroxylation sites is 1. The van der Waals surface area contributed by atoms with Crippen molar-refractivity contribution in [3.8, 4) is 0 Å². The topological polar surface area (TPSA) is 84.2 Å². The van der Waals surface area contributed by atoms with Crippen LogP contribution in [0, 0.1) is 6.92 Å². The van der Waals surface area contributed by atoms with E-state index in [-0.39, 0.29) is 10.9 Å². The highest BCUT2D eigenvalue weighted by atomic mass is 32.2. The number of aryl methyl sites for hydroxylation is 1. The zero-order chi connectivity index (χ0) is 14.6. The molecule has 108 valence electrons. The molecule has 2 N–H and O–H groups in total. The van der Waals surface area contributed by atoms with Gasteiger partial charge in [0.2, 0.25) is 0 Å². The molecule has 0 aliphatic carbocycles. The lowest BCUT2D eigenvalue weighted by Gasteiger charge is -2.11. The van der Waals surface area contributed by atoms with Crippen LogP contribution in [0.3, 0.4) is 0 Å². The Balaban J connectivity index is 2.29. The first-order valence-electron chi connectivity index (χ1n) is 6.31. The second-order valence-electron chi connectivity index (χ2n) is 4.32. The van der Waals surface area contributed by atoms with Crippen LogP contribution in [-0.2, 0) is 10.0 Å². The maximum atomic E-state index is 12.3. The van der Waals surface area contributed by atoms with Crippen LogP contribution in [0.25, 0.3) is 0 Å². The molecular weight excluding hydrogens is 278 g/mol. The van der Waals surface area contributed by atoms with Gasteiger partial charge in [0, 0.05) is 6.54 Å². The van der Waals surface area contributed by atoms with Crippen molar-refractivity contribution in [1.82, 2.24) is 4.98 Å². The standard InChI is InChI=1S/C13H17N3O3S/c1-3-8-14-11-6-4-5-7-12(11)20(17,18)16-13-15-10(2)9-19-13/h4-7,9,14H,3,8H2,1-2H3,(H,15,16). The summed E-state index contributed by atoms with van der Waals surface area (Å²) in [5, 5.41) is 3.09. The maximum Gasteiger partial charge on any atom is 0.309 e. The molecule has 1 aromatic heterocycles. The van der Waals surface area contributed by atoms with Gasteiger partial charge in [0.05, 0.1) is 11.4 Å². The minimum absolute atomic E-state index is 0.0344. The average molecular weight is 295 g/mol. The van der Waals surface area contributed by atoms with Gasteiger partial charge in [-0.25, -0.2) is 13.1 Å². The molecular formula is C13H17N3O3S. The van der Waals surface area contributed by atoms with Gasteiger partial charge in [-0.2, -0.15) is 4.98 Å². The van der Waals surface area contributed by atoms with Crippen LogP contribution < -0.4 is 10.0 Å². The molecule has 0 unspecified atom stereocenters. The summed E-state index contributed by atoms with van der Waals surface area (Å²) in [5.41, 5.74) is 1.17. The minimum Gasteiger partial charge on any atom is -0.431 e. The molecule has 2 rings (SSSR count). The third kappa shape index (κ3) is 3.30. The monoisotopic (exact) mass is 295 g/mol. The highest BCUT2D eigenvalue weighted by Crippen LogP contribution is 2.23. The number of hydrogen-bond acceptors (Lipinski definition) is 5. The predicted octanol–water partition coefficient (Wildman–Crippen LogP) is 2.61. The van der Waals surface area contributed by atoms with Gasteiger partial charge in [-0.3, -0.25) is 0 Å². The molecule has 0 atom stereocenters. The van der Waals surface area contributed by atoms with Crippen molar-refractivity contribution in [2.24, 2.45) is 0 Å². The number of nitrogens with one attached hydrogen (secondary N) is 2. The van der Waals surface area contributed by atoms with E-state index in [1.54, 1.807) is 25.1 Å². The van der Waals surface area contributed by atoms with Crippen LogP contribution in [0.1, 0.15) is 19.0 Å². The molecule has 6 nitrogen and oxygen atoms in total. The Morgan fingerprint density at radius 1 is 1.30 bits per heavy atom. The van der Waals surface area contributed by atoms with E-state index in [2.05, 4.69) is 15.0 Å². The molecule has 0 saturated carbocycles. The summed E-state index contributed by atoms with van der Waals surface area (Å²) in [6.07, 6.45) is 2.29.